The Hall–Kier alpha value is -2.24. The molecule has 0 saturated heterocycles. The lowest BCUT2D eigenvalue weighted by molar-refractivity contribution is 0.0549. The molecule has 120 valence electrons. The fourth-order valence-electron chi connectivity index (χ4n) is 2.66. The summed E-state index contributed by atoms with van der Waals surface area (Å²) in [5.41, 5.74) is 1.33. The molecule has 0 aliphatic carbocycles. The zero-order valence-electron chi connectivity index (χ0n) is 12.5. The highest BCUT2D eigenvalue weighted by atomic mass is 19.1. The highest BCUT2D eigenvalue weighted by molar-refractivity contribution is 5.99. The zero-order valence-corrected chi connectivity index (χ0v) is 12.5. The number of benzene rings is 2. The summed E-state index contributed by atoms with van der Waals surface area (Å²) in [5.74, 6) is -0.238. The number of ether oxygens (including phenoxy) is 1. The van der Waals surface area contributed by atoms with Crippen LogP contribution in [-0.4, -0.2) is 23.2 Å². The van der Waals surface area contributed by atoms with E-state index in [2.05, 4.69) is 5.32 Å². The van der Waals surface area contributed by atoms with Gasteiger partial charge >= 0.3 is 0 Å². The van der Waals surface area contributed by atoms with Crippen molar-refractivity contribution in [3.05, 3.63) is 65.5 Å². The molecule has 0 aromatic heterocycles. The highest BCUT2D eigenvalue weighted by Gasteiger charge is 2.28. The van der Waals surface area contributed by atoms with Crippen LogP contribution in [0.2, 0.25) is 0 Å². The third kappa shape index (κ3) is 3.94. The molecular weight excluding hydrogens is 297 g/mol. The first kappa shape index (κ1) is 15.6. The van der Waals surface area contributed by atoms with Crippen LogP contribution in [-0.2, 0) is 6.54 Å². The maximum absolute atomic E-state index is 13.2. The summed E-state index contributed by atoms with van der Waals surface area (Å²) in [6.07, 6.45) is -0.774. The van der Waals surface area contributed by atoms with Gasteiger partial charge in [0.2, 0.25) is 0 Å². The summed E-state index contributed by atoms with van der Waals surface area (Å²) >= 11 is 0. The van der Waals surface area contributed by atoms with Crippen LogP contribution in [0.5, 0.6) is 5.75 Å². The van der Waals surface area contributed by atoms with E-state index in [9.17, 15) is 14.3 Å². The number of ketones is 1. The molecule has 0 fully saturated rings. The van der Waals surface area contributed by atoms with E-state index in [1.54, 1.807) is 0 Å². The van der Waals surface area contributed by atoms with Gasteiger partial charge < -0.3 is 9.84 Å². The minimum atomic E-state index is -0.782. The van der Waals surface area contributed by atoms with E-state index >= 15 is 0 Å². The fraction of sp³-hybridized carbons (Fsp3) is 0.278. The monoisotopic (exact) mass is 315 g/mol. The molecule has 23 heavy (non-hydrogen) atoms. The predicted octanol–water partition coefficient (Wildman–Crippen LogP) is 2.66. The van der Waals surface area contributed by atoms with Gasteiger partial charge in [0.1, 0.15) is 23.9 Å². The number of carbonyl (C=O) groups is 1. The molecule has 2 aromatic rings. The second-order valence-corrected chi connectivity index (χ2v) is 5.63. The molecule has 2 aromatic carbocycles. The van der Waals surface area contributed by atoms with Crippen molar-refractivity contribution < 1.29 is 19.0 Å². The smallest absolute Gasteiger partial charge is 0.170 e. The van der Waals surface area contributed by atoms with Crippen LogP contribution in [0.4, 0.5) is 4.39 Å². The van der Waals surface area contributed by atoms with Gasteiger partial charge in [0.05, 0.1) is 5.56 Å². The van der Waals surface area contributed by atoms with Gasteiger partial charge in [-0.15, -0.1) is 0 Å². The van der Waals surface area contributed by atoms with Crippen molar-refractivity contribution >= 4 is 5.78 Å². The Morgan fingerprint density at radius 2 is 2.04 bits per heavy atom. The molecule has 0 spiro atoms. The maximum atomic E-state index is 13.2. The molecule has 0 radical (unpaired) electrons. The number of hydrogen-bond donors (Lipinski definition) is 2. The van der Waals surface area contributed by atoms with Gasteiger partial charge in [0.15, 0.2) is 5.78 Å². The number of nitrogens with one attached hydrogen (secondary N) is 1. The number of Topliss-reactive ketones (excluding diaryl/α,β-unsaturated/α-hetero) is 1. The average Bonchev–Trinajstić information content (AvgIpc) is 2.55. The van der Waals surface area contributed by atoms with Crippen LogP contribution >= 0.6 is 0 Å². The van der Waals surface area contributed by atoms with Gasteiger partial charge in [0, 0.05) is 19.4 Å². The fourth-order valence-corrected chi connectivity index (χ4v) is 2.66. The second kappa shape index (κ2) is 6.89. The topological polar surface area (TPSA) is 58.6 Å². The largest absolute Gasteiger partial charge is 0.489 e. The summed E-state index contributed by atoms with van der Waals surface area (Å²) in [5, 5.41) is 13.1. The standard InChI is InChI=1S/C18H18FNO3/c19-13-6-7-17-15(8-13)16(21)9-14(23-17)10-18(22)20-11-12-4-2-1-3-5-12/h1-8,14,18,20,22H,9-11H2/t14-,18?/m1/s1. The summed E-state index contributed by atoms with van der Waals surface area (Å²) < 4.78 is 18.9. The summed E-state index contributed by atoms with van der Waals surface area (Å²) in [6.45, 7) is 0.532. The van der Waals surface area contributed by atoms with E-state index in [0.717, 1.165) is 5.56 Å². The molecule has 4 nitrogen and oxygen atoms in total. The van der Waals surface area contributed by atoms with Gasteiger partial charge in [-0.3, -0.25) is 10.1 Å². The van der Waals surface area contributed by atoms with Crippen molar-refractivity contribution in [1.29, 1.82) is 0 Å². The van der Waals surface area contributed by atoms with Crippen LogP contribution in [0.15, 0.2) is 48.5 Å². The summed E-state index contributed by atoms with van der Waals surface area (Å²) in [4.78, 5) is 12.1. The number of rotatable bonds is 5. The molecule has 1 aliphatic rings. The average molecular weight is 315 g/mol. The van der Waals surface area contributed by atoms with Gasteiger partial charge in [-0.2, -0.15) is 0 Å². The van der Waals surface area contributed by atoms with Crippen molar-refractivity contribution in [3.8, 4) is 5.75 Å². The Morgan fingerprint density at radius 1 is 1.26 bits per heavy atom. The number of hydrogen-bond acceptors (Lipinski definition) is 4. The van der Waals surface area contributed by atoms with E-state index < -0.39 is 18.1 Å². The van der Waals surface area contributed by atoms with Gasteiger partial charge in [-0.1, -0.05) is 30.3 Å². The predicted molar refractivity (Wildman–Crippen MR) is 83.7 cm³/mol. The zero-order chi connectivity index (χ0) is 16.2. The third-order valence-electron chi connectivity index (χ3n) is 3.82. The number of aliphatic hydroxyl groups is 1. The lowest BCUT2D eigenvalue weighted by atomic mass is 9.98. The first-order valence-corrected chi connectivity index (χ1v) is 7.56. The Morgan fingerprint density at radius 3 is 2.83 bits per heavy atom. The minimum Gasteiger partial charge on any atom is -0.489 e. The van der Waals surface area contributed by atoms with E-state index in [1.165, 1.54) is 18.2 Å². The van der Waals surface area contributed by atoms with Crippen molar-refractivity contribution in [2.75, 3.05) is 0 Å². The molecule has 1 heterocycles. The molecule has 0 amide bonds. The van der Waals surface area contributed by atoms with Gasteiger partial charge in [-0.25, -0.2) is 4.39 Å². The Bertz CT molecular complexity index is 690. The molecule has 2 N–H and O–H groups in total. The molecule has 5 heteroatoms. The van der Waals surface area contributed by atoms with Crippen molar-refractivity contribution in [3.63, 3.8) is 0 Å². The molecule has 1 aliphatic heterocycles. The van der Waals surface area contributed by atoms with Crippen LogP contribution < -0.4 is 10.1 Å². The van der Waals surface area contributed by atoms with Crippen molar-refractivity contribution in [2.45, 2.75) is 31.7 Å². The molecule has 0 bridgehead atoms. The van der Waals surface area contributed by atoms with Gasteiger partial charge in [0.25, 0.3) is 0 Å². The number of fused-ring (bicyclic) bond motifs is 1. The van der Waals surface area contributed by atoms with E-state index in [0.29, 0.717) is 12.3 Å². The molecule has 3 rings (SSSR count). The number of aliphatic hydroxyl groups excluding tert-OH is 1. The van der Waals surface area contributed by atoms with Crippen LogP contribution in [0.25, 0.3) is 0 Å². The van der Waals surface area contributed by atoms with E-state index in [4.69, 9.17) is 4.74 Å². The number of carbonyl (C=O) groups excluding carboxylic acids is 1. The van der Waals surface area contributed by atoms with Crippen LogP contribution in [0, 0.1) is 5.82 Å². The number of halogens is 1. The summed E-state index contributed by atoms with van der Waals surface area (Å²) in [7, 11) is 0. The Kier molecular flexibility index (Phi) is 4.69. The highest BCUT2D eigenvalue weighted by Crippen LogP contribution is 2.29. The second-order valence-electron chi connectivity index (χ2n) is 5.63. The summed E-state index contributed by atoms with van der Waals surface area (Å²) in [6, 6.07) is 13.6. The third-order valence-corrected chi connectivity index (χ3v) is 3.82. The first-order chi connectivity index (χ1) is 11.1. The van der Waals surface area contributed by atoms with E-state index in [1.807, 2.05) is 30.3 Å². The molecular formula is C18H18FNO3. The van der Waals surface area contributed by atoms with Crippen LogP contribution in [0.1, 0.15) is 28.8 Å². The van der Waals surface area contributed by atoms with E-state index in [-0.39, 0.29) is 24.2 Å². The molecule has 1 unspecified atom stereocenters. The van der Waals surface area contributed by atoms with Crippen LogP contribution in [0.3, 0.4) is 0 Å². The quantitative estimate of drug-likeness (QED) is 0.833. The van der Waals surface area contributed by atoms with Gasteiger partial charge in [-0.05, 0) is 23.8 Å². The maximum Gasteiger partial charge on any atom is 0.170 e. The lowest BCUT2D eigenvalue weighted by Crippen LogP contribution is -2.36. The Labute approximate surface area is 133 Å². The molecule has 0 saturated carbocycles. The van der Waals surface area contributed by atoms with Crippen molar-refractivity contribution in [2.24, 2.45) is 0 Å². The lowest BCUT2D eigenvalue weighted by Gasteiger charge is -2.27. The normalized spacial score (nSPS) is 18.2. The SMILES string of the molecule is O=C1C[C@H](CC(O)NCc2ccccc2)Oc2ccc(F)cc21. The first-order valence-electron chi connectivity index (χ1n) is 7.56. The Balaban J connectivity index is 1.56. The van der Waals surface area contributed by atoms with Crippen molar-refractivity contribution in [1.82, 2.24) is 5.32 Å². The minimum absolute atomic E-state index is 0.139. The molecule has 2 atom stereocenters.